The van der Waals surface area contributed by atoms with Gasteiger partial charge in [-0.3, -0.25) is 4.99 Å². The number of nitrogens with zero attached hydrogens (tertiary/aromatic N) is 1. The second-order valence-electron chi connectivity index (χ2n) is 10.7. The standard InChI is InChI=1S/C26H34BNO4/c1-6-18-21(27-31-25(2,3)26(4,5)32-27)11-10-19-23(18)17(13-16-7-8-16)9-12-22(29)20-14-28-15-30-24(19)20/h6,10-11,15-17,22,29H,1,7-9,12-14H2,2-5H3. The maximum absolute atomic E-state index is 10.9. The molecule has 0 amide bonds. The van der Waals surface area contributed by atoms with Gasteiger partial charge in [0.05, 0.1) is 23.9 Å². The second-order valence-corrected chi connectivity index (χ2v) is 10.7. The first-order chi connectivity index (χ1) is 15.2. The molecule has 1 aromatic rings. The Morgan fingerprint density at radius 3 is 2.50 bits per heavy atom. The van der Waals surface area contributed by atoms with Gasteiger partial charge in [-0.2, -0.15) is 0 Å². The van der Waals surface area contributed by atoms with Crippen molar-refractivity contribution in [3.8, 4) is 0 Å². The molecule has 32 heavy (non-hydrogen) atoms. The minimum absolute atomic E-state index is 0.332. The van der Waals surface area contributed by atoms with Crippen molar-refractivity contribution < 1.29 is 19.2 Å². The van der Waals surface area contributed by atoms with E-state index in [9.17, 15) is 5.11 Å². The van der Waals surface area contributed by atoms with Crippen molar-refractivity contribution in [2.24, 2.45) is 10.9 Å². The SMILES string of the molecule is C=Cc1c(B2OC(C)(C)C(C)(C)O2)ccc2c1C(CC1CC1)CCC(O)C1=C2OC=NC1. The van der Waals surface area contributed by atoms with E-state index >= 15 is 0 Å². The van der Waals surface area contributed by atoms with Crippen LogP contribution in [0.4, 0.5) is 0 Å². The molecule has 5 rings (SSSR count). The first kappa shape index (κ1) is 21.9. The zero-order valence-corrected chi connectivity index (χ0v) is 19.7. The van der Waals surface area contributed by atoms with E-state index in [0.29, 0.717) is 18.9 Å². The smallest absolute Gasteiger partial charge is 0.445 e. The summed E-state index contributed by atoms with van der Waals surface area (Å²) in [6.45, 7) is 13.0. The number of rotatable bonds is 4. The summed E-state index contributed by atoms with van der Waals surface area (Å²) < 4.78 is 18.8. The van der Waals surface area contributed by atoms with Crippen molar-refractivity contribution in [3.63, 3.8) is 0 Å². The predicted octanol–water partition coefficient (Wildman–Crippen LogP) is 4.44. The Morgan fingerprint density at radius 2 is 1.84 bits per heavy atom. The van der Waals surface area contributed by atoms with Crippen LogP contribution in [0, 0.1) is 5.92 Å². The molecule has 1 N–H and O–H groups in total. The third kappa shape index (κ3) is 3.66. The molecule has 0 spiro atoms. The van der Waals surface area contributed by atoms with Crippen LogP contribution in [-0.4, -0.2) is 42.5 Å². The van der Waals surface area contributed by atoms with Gasteiger partial charge in [0.2, 0.25) is 0 Å². The molecule has 1 aromatic carbocycles. The first-order valence-corrected chi connectivity index (χ1v) is 11.9. The number of hydrogen-bond acceptors (Lipinski definition) is 5. The van der Waals surface area contributed by atoms with Gasteiger partial charge in [0.25, 0.3) is 0 Å². The van der Waals surface area contributed by atoms with Crippen molar-refractivity contribution in [1.82, 2.24) is 0 Å². The molecular formula is C26H34BNO4. The molecular weight excluding hydrogens is 401 g/mol. The summed E-state index contributed by atoms with van der Waals surface area (Å²) in [5.74, 6) is 1.86. The summed E-state index contributed by atoms with van der Waals surface area (Å²) in [5.41, 5.74) is 4.47. The van der Waals surface area contributed by atoms with Crippen molar-refractivity contribution in [1.29, 1.82) is 0 Å². The second kappa shape index (κ2) is 7.86. The van der Waals surface area contributed by atoms with Crippen LogP contribution in [0.3, 0.4) is 0 Å². The van der Waals surface area contributed by atoms with Crippen molar-refractivity contribution in [2.45, 2.75) is 83.0 Å². The van der Waals surface area contributed by atoms with Gasteiger partial charge >= 0.3 is 7.12 Å². The zero-order valence-electron chi connectivity index (χ0n) is 19.7. The monoisotopic (exact) mass is 435 g/mol. The van der Waals surface area contributed by atoms with Crippen molar-refractivity contribution >= 4 is 30.8 Å². The molecule has 2 heterocycles. The Kier molecular flexibility index (Phi) is 5.39. The molecule has 2 unspecified atom stereocenters. The van der Waals surface area contributed by atoms with Gasteiger partial charge in [0.1, 0.15) is 5.76 Å². The molecule has 6 heteroatoms. The Bertz CT molecular complexity index is 976. The first-order valence-electron chi connectivity index (χ1n) is 11.9. The fourth-order valence-corrected chi connectivity index (χ4v) is 5.23. The minimum atomic E-state index is -0.521. The molecule has 2 fully saturated rings. The van der Waals surface area contributed by atoms with Crippen LogP contribution < -0.4 is 5.46 Å². The molecule has 1 saturated heterocycles. The Labute approximate surface area is 191 Å². The molecule has 2 atom stereocenters. The van der Waals surface area contributed by atoms with Gasteiger partial charge in [-0.15, -0.1) is 0 Å². The lowest BCUT2D eigenvalue weighted by atomic mass is 9.70. The van der Waals surface area contributed by atoms with Crippen LogP contribution in [0.5, 0.6) is 0 Å². The highest BCUT2D eigenvalue weighted by Crippen LogP contribution is 2.46. The van der Waals surface area contributed by atoms with Crippen LogP contribution in [-0.2, 0) is 14.0 Å². The number of aliphatic imine (C=N–C) groups is 1. The maximum atomic E-state index is 10.9. The summed E-state index contributed by atoms with van der Waals surface area (Å²) >= 11 is 0. The highest BCUT2D eigenvalue weighted by Gasteiger charge is 2.52. The third-order valence-corrected chi connectivity index (χ3v) is 7.99. The number of fused-ring (bicyclic) bond motifs is 2. The Morgan fingerprint density at radius 1 is 1.12 bits per heavy atom. The molecule has 0 radical (unpaired) electrons. The molecule has 4 aliphatic rings. The Hall–Kier alpha value is -1.89. The highest BCUT2D eigenvalue weighted by atomic mass is 16.7. The molecule has 170 valence electrons. The largest absolute Gasteiger partial charge is 0.495 e. The number of aliphatic hydroxyl groups excluding tert-OH is 1. The fraction of sp³-hybridized carbons (Fsp3) is 0.577. The van der Waals surface area contributed by atoms with Crippen LogP contribution in [0.2, 0.25) is 0 Å². The van der Waals surface area contributed by atoms with E-state index in [1.165, 1.54) is 24.8 Å². The van der Waals surface area contributed by atoms with Gasteiger partial charge in [0.15, 0.2) is 6.40 Å². The van der Waals surface area contributed by atoms with E-state index < -0.39 is 24.4 Å². The molecule has 0 bridgehead atoms. The number of benzene rings is 1. The van der Waals surface area contributed by atoms with E-state index in [1.54, 1.807) is 0 Å². The van der Waals surface area contributed by atoms with Gasteiger partial charge in [-0.1, -0.05) is 37.6 Å². The highest BCUT2D eigenvalue weighted by molar-refractivity contribution is 6.63. The number of hydrogen-bond donors (Lipinski definition) is 1. The third-order valence-electron chi connectivity index (χ3n) is 7.99. The lowest BCUT2D eigenvalue weighted by molar-refractivity contribution is 0.00578. The average molecular weight is 435 g/mol. The zero-order chi connectivity index (χ0) is 22.7. The van der Waals surface area contributed by atoms with Gasteiger partial charge in [-0.05, 0) is 75.4 Å². The summed E-state index contributed by atoms with van der Waals surface area (Å²) in [4.78, 5) is 4.26. The van der Waals surface area contributed by atoms with E-state index in [2.05, 4.69) is 51.4 Å². The van der Waals surface area contributed by atoms with Crippen molar-refractivity contribution in [2.75, 3.05) is 6.54 Å². The molecule has 2 aliphatic heterocycles. The summed E-state index contributed by atoms with van der Waals surface area (Å²) in [6.07, 6.45) is 8.30. The molecule has 0 aromatic heterocycles. The van der Waals surface area contributed by atoms with E-state index in [4.69, 9.17) is 14.0 Å². The van der Waals surface area contributed by atoms with E-state index in [-0.39, 0.29) is 0 Å². The Balaban J connectivity index is 1.67. The van der Waals surface area contributed by atoms with E-state index in [1.807, 2.05) is 6.08 Å². The normalized spacial score (nSPS) is 28.5. The average Bonchev–Trinajstić information content (AvgIpc) is 3.54. The van der Waals surface area contributed by atoms with Gasteiger partial charge in [0, 0.05) is 11.1 Å². The summed E-state index contributed by atoms with van der Waals surface area (Å²) in [7, 11) is -0.446. The van der Waals surface area contributed by atoms with Crippen LogP contribution in [0.15, 0.2) is 29.3 Å². The summed E-state index contributed by atoms with van der Waals surface area (Å²) in [5, 5.41) is 10.9. The minimum Gasteiger partial charge on any atom is -0.445 e. The van der Waals surface area contributed by atoms with Gasteiger partial charge in [-0.25, -0.2) is 0 Å². The van der Waals surface area contributed by atoms with Crippen LogP contribution in [0.25, 0.3) is 11.8 Å². The molecule has 1 saturated carbocycles. The number of ether oxygens (including phenoxy) is 1. The molecule has 2 aliphatic carbocycles. The molecule has 5 nitrogen and oxygen atoms in total. The van der Waals surface area contributed by atoms with Gasteiger partial charge < -0.3 is 19.2 Å². The quantitative estimate of drug-likeness (QED) is 0.711. The lowest BCUT2D eigenvalue weighted by Crippen LogP contribution is -2.41. The maximum Gasteiger partial charge on any atom is 0.495 e. The van der Waals surface area contributed by atoms with Crippen LogP contribution >= 0.6 is 0 Å². The van der Waals surface area contributed by atoms with Crippen LogP contribution in [0.1, 0.15) is 82.4 Å². The fourth-order valence-electron chi connectivity index (χ4n) is 5.23. The lowest BCUT2D eigenvalue weighted by Gasteiger charge is -2.32. The van der Waals surface area contributed by atoms with E-state index in [0.717, 1.165) is 46.7 Å². The predicted molar refractivity (Wildman–Crippen MR) is 129 cm³/mol. The van der Waals surface area contributed by atoms with Crippen molar-refractivity contribution in [3.05, 3.63) is 41.0 Å². The topological polar surface area (TPSA) is 60.3 Å². The number of aliphatic hydroxyl groups is 1. The summed E-state index contributed by atoms with van der Waals surface area (Å²) in [6, 6.07) is 4.20.